The van der Waals surface area contributed by atoms with Gasteiger partial charge in [0.25, 0.3) is 0 Å². The Morgan fingerprint density at radius 2 is 2.00 bits per heavy atom. The number of hydrogen-bond donors (Lipinski definition) is 2. The SMILES string of the molecule is CCC(NC(C(N)=O)C(C)C)c1ccccc1OC. The minimum atomic E-state index is -0.338. The van der Waals surface area contributed by atoms with E-state index in [2.05, 4.69) is 12.2 Å². The van der Waals surface area contributed by atoms with Gasteiger partial charge < -0.3 is 10.5 Å². The molecule has 0 radical (unpaired) electrons. The lowest BCUT2D eigenvalue weighted by Crippen LogP contribution is -2.46. The number of hydrogen-bond acceptors (Lipinski definition) is 3. The van der Waals surface area contributed by atoms with Gasteiger partial charge in [-0.3, -0.25) is 10.1 Å². The van der Waals surface area contributed by atoms with Gasteiger partial charge >= 0.3 is 0 Å². The molecule has 1 aromatic rings. The van der Waals surface area contributed by atoms with E-state index in [1.807, 2.05) is 38.1 Å². The smallest absolute Gasteiger partial charge is 0.234 e. The van der Waals surface area contributed by atoms with Crippen molar-refractivity contribution in [3.63, 3.8) is 0 Å². The van der Waals surface area contributed by atoms with Gasteiger partial charge in [0.2, 0.25) is 5.91 Å². The summed E-state index contributed by atoms with van der Waals surface area (Å²) in [6.07, 6.45) is 0.858. The Labute approximate surface area is 115 Å². The molecule has 0 aromatic heterocycles. The number of carbonyl (C=O) groups is 1. The van der Waals surface area contributed by atoms with E-state index in [4.69, 9.17) is 10.5 Å². The van der Waals surface area contributed by atoms with Gasteiger partial charge in [0.1, 0.15) is 5.75 Å². The highest BCUT2D eigenvalue weighted by molar-refractivity contribution is 5.80. The first-order valence-corrected chi connectivity index (χ1v) is 6.69. The van der Waals surface area contributed by atoms with Crippen LogP contribution in [-0.2, 0) is 4.79 Å². The number of amides is 1. The second kappa shape index (κ2) is 7.14. The van der Waals surface area contributed by atoms with Crippen LogP contribution in [0.3, 0.4) is 0 Å². The van der Waals surface area contributed by atoms with Crippen molar-refractivity contribution in [2.45, 2.75) is 39.3 Å². The van der Waals surface area contributed by atoms with E-state index in [0.717, 1.165) is 17.7 Å². The van der Waals surface area contributed by atoms with Crippen molar-refractivity contribution in [1.29, 1.82) is 0 Å². The highest BCUT2D eigenvalue weighted by Crippen LogP contribution is 2.27. The largest absolute Gasteiger partial charge is 0.496 e. The van der Waals surface area contributed by atoms with E-state index in [1.165, 1.54) is 0 Å². The molecular formula is C15H24N2O2. The lowest BCUT2D eigenvalue weighted by Gasteiger charge is -2.26. The Bertz CT molecular complexity index is 418. The van der Waals surface area contributed by atoms with E-state index >= 15 is 0 Å². The standard InChI is InChI=1S/C15H24N2O2/c1-5-12(17-14(10(2)3)15(16)18)11-8-6-7-9-13(11)19-4/h6-10,12,14,17H,5H2,1-4H3,(H2,16,18). The molecule has 1 amide bonds. The molecule has 0 saturated carbocycles. The number of primary amides is 1. The lowest BCUT2D eigenvalue weighted by atomic mass is 9.98. The Morgan fingerprint density at radius 3 is 2.47 bits per heavy atom. The molecular weight excluding hydrogens is 240 g/mol. The molecule has 106 valence electrons. The summed E-state index contributed by atoms with van der Waals surface area (Å²) in [6.45, 7) is 6.04. The zero-order valence-corrected chi connectivity index (χ0v) is 12.1. The normalized spacial score (nSPS) is 14.2. The van der Waals surface area contributed by atoms with E-state index in [1.54, 1.807) is 7.11 Å². The van der Waals surface area contributed by atoms with Gasteiger partial charge in [-0.05, 0) is 18.4 Å². The summed E-state index contributed by atoms with van der Waals surface area (Å²) in [6, 6.07) is 7.55. The average molecular weight is 264 g/mol. The van der Waals surface area contributed by atoms with Crippen LogP contribution in [0, 0.1) is 5.92 Å². The Kier molecular flexibility index (Phi) is 5.83. The molecule has 0 bridgehead atoms. The summed E-state index contributed by atoms with van der Waals surface area (Å²) in [5, 5.41) is 3.34. The fraction of sp³-hybridized carbons (Fsp3) is 0.533. The molecule has 0 heterocycles. The second-order valence-corrected chi connectivity index (χ2v) is 4.99. The molecule has 0 spiro atoms. The Hall–Kier alpha value is -1.55. The fourth-order valence-corrected chi connectivity index (χ4v) is 2.20. The third kappa shape index (κ3) is 3.96. The molecule has 1 aromatic carbocycles. The van der Waals surface area contributed by atoms with Crippen LogP contribution in [0.15, 0.2) is 24.3 Å². The molecule has 3 N–H and O–H groups in total. The summed E-state index contributed by atoms with van der Waals surface area (Å²) >= 11 is 0. The summed E-state index contributed by atoms with van der Waals surface area (Å²) < 4.78 is 5.37. The summed E-state index contributed by atoms with van der Waals surface area (Å²) in [5.41, 5.74) is 6.51. The van der Waals surface area contributed by atoms with Crippen LogP contribution in [0.4, 0.5) is 0 Å². The number of nitrogens with two attached hydrogens (primary N) is 1. The molecule has 2 atom stereocenters. The van der Waals surface area contributed by atoms with Crippen molar-refractivity contribution in [3.05, 3.63) is 29.8 Å². The minimum Gasteiger partial charge on any atom is -0.496 e. The highest BCUT2D eigenvalue weighted by atomic mass is 16.5. The quantitative estimate of drug-likeness (QED) is 0.794. The van der Waals surface area contributed by atoms with Crippen LogP contribution < -0.4 is 15.8 Å². The van der Waals surface area contributed by atoms with Gasteiger partial charge in [0.15, 0.2) is 0 Å². The van der Waals surface area contributed by atoms with Gasteiger partial charge in [0.05, 0.1) is 13.2 Å². The molecule has 19 heavy (non-hydrogen) atoms. The van der Waals surface area contributed by atoms with Crippen LogP contribution in [-0.4, -0.2) is 19.1 Å². The van der Waals surface area contributed by atoms with Gasteiger partial charge in [-0.25, -0.2) is 0 Å². The molecule has 0 fully saturated rings. The highest BCUT2D eigenvalue weighted by Gasteiger charge is 2.24. The minimum absolute atomic E-state index is 0.0519. The first kappa shape index (κ1) is 15.5. The summed E-state index contributed by atoms with van der Waals surface area (Å²) in [7, 11) is 1.65. The molecule has 2 unspecified atom stereocenters. The van der Waals surface area contributed by atoms with E-state index < -0.39 is 0 Å². The maximum absolute atomic E-state index is 11.5. The monoisotopic (exact) mass is 264 g/mol. The van der Waals surface area contributed by atoms with Crippen LogP contribution in [0.1, 0.15) is 38.8 Å². The van der Waals surface area contributed by atoms with Crippen molar-refractivity contribution >= 4 is 5.91 Å². The van der Waals surface area contributed by atoms with Crippen LogP contribution in [0.2, 0.25) is 0 Å². The van der Waals surface area contributed by atoms with Gasteiger partial charge in [-0.15, -0.1) is 0 Å². The summed E-state index contributed by atoms with van der Waals surface area (Å²) in [4.78, 5) is 11.5. The number of rotatable bonds is 7. The molecule has 0 aliphatic heterocycles. The van der Waals surface area contributed by atoms with Crippen molar-refractivity contribution in [3.8, 4) is 5.75 Å². The van der Waals surface area contributed by atoms with Crippen molar-refractivity contribution < 1.29 is 9.53 Å². The Morgan fingerprint density at radius 1 is 1.37 bits per heavy atom. The number of methoxy groups -OCH3 is 1. The van der Waals surface area contributed by atoms with Crippen LogP contribution >= 0.6 is 0 Å². The Balaban J connectivity index is 2.97. The molecule has 1 rings (SSSR count). The van der Waals surface area contributed by atoms with E-state index in [9.17, 15) is 4.79 Å². The number of para-hydroxylation sites is 1. The summed E-state index contributed by atoms with van der Waals surface area (Å²) in [5.74, 6) is 0.665. The number of ether oxygens (including phenoxy) is 1. The first-order chi connectivity index (χ1) is 9.01. The van der Waals surface area contributed by atoms with E-state index in [-0.39, 0.29) is 23.9 Å². The van der Waals surface area contributed by atoms with Crippen LogP contribution in [0.25, 0.3) is 0 Å². The van der Waals surface area contributed by atoms with Crippen molar-refractivity contribution in [2.75, 3.05) is 7.11 Å². The first-order valence-electron chi connectivity index (χ1n) is 6.69. The zero-order valence-electron chi connectivity index (χ0n) is 12.1. The molecule has 0 aliphatic rings. The zero-order chi connectivity index (χ0) is 14.4. The van der Waals surface area contributed by atoms with Crippen LogP contribution in [0.5, 0.6) is 5.75 Å². The predicted molar refractivity (Wildman–Crippen MR) is 77.0 cm³/mol. The third-order valence-corrected chi connectivity index (χ3v) is 3.28. The van der Waals surface area contributed by atoms with Gasteiger partial charge in [-0.2, -0.15) is 0 Å². The van der Waals surface area contributed by atoms with Crippen molar-refractivity contribution in [1.82, 2.24) is 5.32 Å². The van der Waals surface area contributed by atoms with Gasteiger partial charge in [-0.1, -0.05) is 39.0 Å². The predicted octanol–water partition coefficient (Wildman–Crippen LogP) is 2.25. The second-order valence-electron chi connectivity index (χ2n) is 4.99. The number of nitrogens with one attached hydrogen (secondary N) is 1. The molecule has 0 aliphatic carbocycles. The fourth-order valence-electron chi connectivity index (χ4n) is 2.20. The lowest BCUT2D eigenvalue weighted by molar-refractivity contribution is -0.121. The van der Waals surface area contributed by atoms with Gasteiger partial charge in [0, 0.05) is 11.6 Å². The molecule has 4 heteroatoms. The molecule has 0 saturated heterocycles. The van der Waals surface area contributed by atoms with E-state index in [0.29, 0.717) is 0 Å². The van der Waals surface area contributed by atoms with Crippen molar-refractivity contribution in [2.24, 2.45) is 11.7 Å². The number of benzene rings is 1. The number of carbonyl (C=O) groups excluding carboxylic acids is 1. The average Bonchev–Trinajstić information content (AvgIpc) is 2.39. The third-order valence-electron chi connectivity index (χ3n) is 3.28. The molecule has 4 nitrogen and oxygen atoms in total. The maximum atomic E-state index is 11.5. The maximum Gasteiger partial charge on any atom is 0.234 e. The topological polar surface area (TPSA) is 64.3 Å².